The van der Waals surface area contributed by atoms with Gasteiger partial charge in [0.25, 0.3) is 0 Å². The fraction of sp³-hybridized carbons (Fsp3) is 0.273. The molecular weight excluding hydrogens is 304 g/mol. The van der Waals surface area contributed by atoms with Crippen LogP contribution < -0.4 is 5.32 Å². The first kappa shape index (κ1) is 12.4. The highest BCUT2D eigenvalue weighted by atomic mass is 79.9. The molecule has 0 unspecified atom stereocenters. The van der Waals surface area contributed by atoms with Gasteiger partial charge in [0, 0.05) is 21.7 Å². The highest BCUT2D eigenvalue weighted by molar-refractivity contribution is 9.10. The van der Waals surface area contributed by atoms with E-state index in [0.717, 1.165) is 9.37 Å². The minimum absolute atomic E-state index is 0.125. The molecule has 1 aromatic rings. The largest absolute Gasteiger partial charge is 0.329 e. The van der Waals surface area contributed by atoms with Gasteiger partial charge in [0.15, 0.2) is 0 Å². The average Bonchev–Trinajstić information content (AvgIpc) is 2.61. The third-order valence-electron chi connectivity index (χ3n) is 2.32. The number of amides is 3. The summed E-state index contributed by atoms with van der Waals surface area (Å²) in [6.45, 7) is 0.572. The Morgan fingerprint density at radius 2 is 2.24 bits per heavy atom. The molecule has 4 nitrogen and oxygen atoms in total. The van der Waals surface area contributed by atoms with Gasteiger partial charge in [0.2, 0.25) is 5.91 Å². The van der Waals surface area contributed by atoms with Crippen LogP contribution in [0.25, 0.3) is 0 Å². The van der Waals surface area contributed by atoms with Crippen LogP contribution in [-0.4, -0.2) is 35.7 Å². The average molecular weight is 315 g/mol. The third-order valence-corrected chi connectivity index (χ3v) is 3.78. The Hall–Kier alpha value is -1.01. The van der Waals surface area contributed by atoms with E-state index in [1.165, 1.54) is 4.90 Å². The van der Waals surface area contributed by atoms with Crippen LogP contribution in [0.15, 0.2) is 33.6 Å². The number of nitrogens with one attached hydrogen (secondary N) is 1. The summed E-state index contributed by atoms with van der Waals surface area (Å²) in [5.41, 5.74) is 0. The lowest BCUT2D eigenvalue weighted by Crippen LogP contribution is -2.32. The van der Waals surface area contributed by atoms with Crippen molar-refractivity contribution in [3.05, 3.63) is 28.7 Å². The molecule has 1 aliphatic rings. The van der Waals surface area contributed by atoms with Gasteiger partial charge in [0.1, 0.15) is 0 Å². The van der Waals surface area contributed by atoms with Crippen LogP contribution in [0.3, 0.4) is 0 Å². The maximum absolute atomic E-state index is 11.3. The lowest BCUT2D eigenvalue weighted by atomic mass is 10.4. The molecule has 1 heterocycles. The third kappa shape index (κ3) is 3.23. The first-order chi connectivity index (χ1) is 8.16. The minimum Gasteiger partial charge on any atom is -0.329 e. The second kappa shape index (κ2) is 5.55. The highest BCUT2D eigenvalue weighted by Gasteiger charge is 2.27. The highest BCUT2D eigenvalue weighted by Crippen LogP contribution is 2.22. The Kier molecular flexibility index (Phi) is 4.06. The molecule has 0 saturated carbocycles. The van der Waals surface area contributed by atoms with E-state index >= 15 is 0 Å². The summed E-state index contributed by atoms with van der Waals surface area (Å²) in [6.07, 6.45) is 0. The number of benzene rings is 1. The lowest BCUT2D eigenvalue weighted by Gasteiger charge is -2.11. The monoisotopic (exact) mass is 314 g/mol. The molecule has 0 spiro atoms. The summed E-state index contributed by atoms with van der Waals surface area (Å²) >= 11 is 5.02. The molecule has 1 aliphatic heterocycles. The van der Waals surface area contributed by atoms with E-state index in [4.69, 9.17) is 0 Å². The van der Waals surface area contributed by atoms with Crippen LogP contribution in [-0.2, 0) is 4.79 Å². The zero-order chi connectivity index (χ0) is 12.3. The molecule has 0 bridgehead atoms. The summed E-state index contributed by atoms with van der Waals surface area (Å²) in [5.74, 6) is 0.556. The number of imide groups is 1. The summed E-state index contributed by atoms with van der Waals surface area (Å²) in [7, 11) is 0. The first-order valence-corrected chi connectivity index (χ1v) is 6.91. The molecule has 17 heavy (non-hydrogen) atoms. The first-order valence-electron chi connectivity index (χ1n) is 5.13. The van der Waals surface area contributed by atoms with Gasteiger partial charge in [-0.1, -0.05) is 22.0 Å². The molecule has 6 heteroatoms. The van der Waals surface area contributed by atoms with Crippen molar-refractivity contribution in [2.45, 2.75) is 4.90 Å². The van der Waals surface area contributed by atoms with Gasteiger partial charge in [-0.25, -0.2) is 4.79 Å². The van der Waals surface area contributed by atoms with Gasteiger partial charge >= 0.3 is 6.03 Å². The van der Waals surface area contributed by atoms with Crippen LogP contribution in [0.4, 0.5) is 4.79 Å². The van der Waals surface area contributed by atoms with Crippen LogP contribution in [0.5, 0.6) is 0 Å². The summed E-state index contributed by atoms with van der Waals surface area (Å²) < 4.78 is 1.03. The van der Waals surface area contributed by atoms with Gasteiger partial charge in [-0.3, -0.25) is 9.69 Å². The van der Waals surface area contributed by atoms with Crippen molar-refractivity contribution < 1.29 is 9.59 Å². The molecule has 0 aliphatic carbocycles. The SMILES string of the molecule is O=C1CNC(=O)N1CCSc1cccc(Br)c1. The maximum Gasteiger partial charge on any atom is 0.324 e. The summed E-state index contributed by atoms with van der Waals surface area (Å²) in [6, 6.07) is 7.64. The van der Waals surface area contributed by atoms with E-state index in [1.54, 1.807) is 11.8 Å². The minimum atomic E-state index is -0.287. The predicted octanol–water partition coefficient (Wildman–Crippen LogP) is 2.09. The standard InChI is InChI=1S/C11H11BrN2O2S/c12-8-2-1-3-9(6-8)17-5-4-14-10(15)7-13-11(14)16/h1-3,6H,4-5,7H2,(H,13,16). The van der Waals surface area contributed by atoms with Crippen molar-refractivity contribution in [1.29, 1.82) is 0 Å². The second-order valence-electron chi connectivity index (χ2n) is 3.51. The second-order valence-corrected chi connectivity index (χ2v) is 5.59. The number of hydrogen-bond acceptors (Lipinski definition) is 3. The predicted molar refractivity (Wildman–Crippen MR) is 70.0 cm³/mol. The van der Waals surface area contributed by atoms with Crippen molar-refractivity contribution in [2.24, 2.45) is 0 Å². The molecule has 0 atom stereocenters. The molecule has 1 N–H and O–H groups in total. The molecule has 1 saturated heterocycles. The Morgan fingerprint density at radius 3 is 2.88 bits per heavy atom. The van der Waals surface area contributed by atoms with Crippen LogP contribution >= 0.6 is 27.7 Å². The fourth-order valence-corrected chi connectivity index (χ4v) is 2.94. The van der Waals surface area contributed by atoms with Crippen molar-refractivity contribution >= 4 is 39.6 Å². The molecule has 1 aromatic carbocycles. The lowest BCUT2D eigenvalue weighted by molar-refractivity contribution is -0.124. The number of nitrogens with zero attached hydrogens (tertiary/aromatic N) is 1. The van der Waals surface area contributed by atoms with Crippen LogP contribution in [0, 0.1) is 0 Å². The zero-order valence-electron chi connectivity index (χ0n) is 8.98. The summed E-state index contributed by atoms with van der Waals surface area (Å²) in [5, 5.41) is 2.50. The molecule has 0 aromatic heterocycles. The zero-order valence-corrected chi connectivity index (χ0v) is 11.4. The van der Waals surface area contributed by atoms with Gasteiger partial charge in [-0.2, -0.15) is 0 Å². The van der Waals surface area contributed by atoms with E-state index in [0.29, 0.717) is 12.3 Å². The Balaban J connectivity index is 1.83. The van der Waals surface area contributed by atoms with Gasteiger partial charge < -0.3 is 5.32 Å². The van der Waals surface area contributed by atoms with Crippen molar-refractivity contribution in [2.75, 3.05) is 18.8 Å². The molecule has 3 amide bonds. The van der Waals surface area contributed by atoms with Gasteiger partial charge in [-0.05, 0) is 18.2 Å². The topological polar surface area (TPSA) is 49.4 Å². The Morgan fingerprint density at radius 1 is 1.41 bits per heavy atom. The number of carbonyl (C=O) groups is 2. The normalized spacial score (nSPS) is 15.2. The molecule has 90 valence electrons. The quantitative estimate of drug-likeness (QED) is 0.684. The van der Waals surface area contributed by atoms with Crippen molar-refractivity contribution in [1.82, 2.24) is 10.2 Å². The van der Waals surface area contributed by atoms with E-state index in [1.807, 2.05) is 24.3 Å². The number of rotatable bonds is 4. The van der Waals surface area contributed by atoms with E-state index in [2.05, 4.69) is 21.2 Å². The van der Waals surface area contributed by atoms with E-state index in [-0.39, 0.29) is 18.5 Å². The number of carbonyl (C=O) groups excluding carboxylic acids is 2. The number of hydrogen-bond donors (Lipinski definition) is 1. The fourth-order valence-electron chi connectivity index (χ4n) is 1.49. The smallest absolute Gasteiger partial charge is 0.324 e. The van der Waals surface area contributed by atoms with Crippen LogP contribution in [0.2, 0.25) is 0 Å². The van der Waals surface area contributed by atoms with Gasteiger partial charge in [-0.15, -0.1) is 11.8 Å². The summed E-state index contributed by atoms with van der Waals surface area (Å²) in [4.78, 5) is 24.9. The number of urea groups is 1. The molecule has 0 radical (unpaired) electrons. The number of thioether (sulfide) groups is 1. The molecular formula is C11H11BrN2O2S. The van der Waals surface area contributed by atoms with E-state index < -0.39 is 0 Å². The van der Waals surface area contributed by atoms with Crippen LogP contribution in [0.1, 0.15) is 0 Å². The van der Waals surface area contributed by atoms with E-state index in [9.17, 15) is 9.59 Å². The Bertz CT molecular complexity index is 437. The maximum atomic E-state index is 11.3. The van der Waals surface area contributed by atoms with Crippen molar-refractivity contribution in [3.63, 3.8) is 0 Å². The number of halogens is 1. The Labute approximate surface area is 112 Å². The molecule has 2 rings (SSSR count). The molecule has 1 fully saturated rings. The van der Waals surface area contributed by atoms with Crippen molar-refractivity contribution in [3.8, 4) is 0 Å². The van der Waals surface area contributed by atoms with Gasteiger partial charge in [0.05, 0.1) is 6.54 Å².